The summed E-state index contributed by atoms with van der Waals surface area (Å²) in [5.74, 6) is 0.478. The highest BCUT2D eigenvalue weighted by molar-refractivity contribution is 6.00. The van der Waals surface area contributed by atoms with Crippen LogP contribution in [0.15, 0.2) is 29.8 Å². The van der Waals surface area contributed by atoms with E-state index in [0.717, 1.165) is 5.56 Å². The van der Waals surface area contributed by atoms with E-state index >= 15 is 0 Å². The van der Waals surface area contributed by atoms with Crippen molar-refractivity contribution in [2.24, 2.45) is 0 Å². The molecule has 0 fully saturated rings. The quantitative estimate of drug-likeness (QED) is 0.797. The zero-order valence-corrected chi connectivity index (χ0v) is 10.1. The molecule has 1 aromatic rings. The number of carbonyl (C=O) groups is 1. The topological polar surface area (TPSA) is 46.5 Å². The zero-order chi connectivity index (χ0) is 12.4. The first-order chi connectivity index (χ1) is 8.08. The second kappa shape index (κ2) is 4.72. The van der Waals surface area contributed by atoms with E-state index in [1.165, 1.54) is 5.57 Å². The summed E-state index contributed by atoms with van der Waals surface area (Å²) in [7, 11) is 0. The molecule has 0 bridgehead atoms. The number of para-hydroxylation sites is 1. The number of rotatable bonds is 2. The number of ketones is 1. The van der Waals surface area contributed by atoms with Crippen molar-refractivity contribution in [1.82, 2.24) is 0 Å². The number of hydrogen-bond donors (Lipinski definition) is 1. The van der Waals surface area contributed by atoms with Crippen LogP contribution in [0.25, 0.3) is 0 Å². The lowest BCUT2D eigenvalue weighted by Gasteiger charge is -2.23. The molecule has 0 aromatic heterocycles. The molecule has 0 radical (unpaired) electrons. The lowest BCUT2D eigenvalue weighted by Crippen LogP contribution is -2.27. The number of benzene rings is 1. The molecule has 1 aliphatic heterocycles. The third-order valence-corrected chi connectivity index (χ3v) is 2.74. The van der Waals surface area contributed by atoms with Crippen LogP contribution in [0.5, 0.6) is 5.75 Å². The lowest BCUT2D eigenvalue weighted by atomic mass is 9.98. The van der Waals surface area contributed by atoms with E-state index in [-0.39, 0.29) is 12.2 Å². The first-order valence-corrected chi connectivity index (χ1v) is 5.71. The van der Waals surface area contributed by atoms with Gasteiger partial charge in [0.05, 0.1) is 12.0 Å². The average molecular weight is 232 g/mol. The SMILES string of the molecule is CC(C)=CCc1cccc2c1OC(O)CC2=O. The minimum atomic E-state index is -1.01. The van der Waals surface area contributed by atoms with Gasteiger partial charge in [0.25, 0.3) is 0 Å². The Morgan fingerprint density at radius 2 is 2.29 bits per heavy atom. The fraction of sp³-hybridized carbons (Fsp3) is 0.357. The van der Waals surface area contributed by atoms with Crippen molar-refractivity contribution in [3.8, 4) is 5.75 Å². The van der Waals surface area contributed by atoms with E-state index in [9.17, 15) is 9.90 Å². The van der Waals surface area contributed by atoms with Gasteiger partial charge in [-0.25, -0.2) is 0 Å². The van der Waals surface area contributed by atoms with Crippen LogP contribution in [0, 0.1) is 0 Å². The fourth-order valence-corrected chi connectivity index (χ4v) is 1.86. The first-order valence-electron chi connectivity index (χ1n) is 5.71. The standard InChI is InChI=1S/C14H16O3/c1-9(2)6-7-10-4-3-5-11-12(15)8-13(16)17-14(10)11/h3-6,13,16H,7-8H2,1-2H3. The highest BCUT2D eigenvalue weighted by Gasteiger charge is 2.26. The van der Waals surface area contributed by atoms with Crippen molar-refractivity contribution in [3.05, 3.63) is 41.0 Å². The lowest BCUT2D eigenvalue weighted by molar-refractivity contribution is -0.0251. The van der Waals surface area contributed by atoms with Crippen molar-refractivity contribution >= 4 is 5.78 Å². The number of fused-ring (bicyclic) bond motifs is 1. The van der Waals surface area contributed by atoms with Gasteiger partial charge >= 0.3 is 0 Å². The molecule has 17 heavy (non-hydrogen) atoms. The van der Waals surface area contributed by atoms with E-state index in [2.05, 4.69) is 6.08 Å². The second-order valence-electron chi connectivity index (χ2n) is 4.48. The van der Waals surface area contributed by atoms with Gasteiger partial charge in [0, 0.05) is 0 Å². The number of allylic oxidation sites excluding steroid dienone is 2. The molecule has 0 amide bonds. The molecule has 1 aromatic carbocycles. The van der Waals surface area contributed by atoms with Crippen LogP contribution in [-0.2, 0) is 6.42 Å². The highest BCUT2D eigenvalue weighted by Crippen LogP contribution is 2.31. The van der Waals surface area contributed by atoms with Crippen LogP contribution < -0.4 is 4.74 Å². The summed E-state index contributed by atoms with van der Waals surface area (Å²) in [6.45, 7) is 4.05. The fourth-order valence-electron chi connectivity index (χ4n) is 1.86. The number of Topliss-reactive ketones (excluding diaryl/α,β-unsaturated/α-hetero) is 1. The van der Waals surface area contributed by atoms with Crippen molar-refractivity contribution in [3.63, 3.8) is 0 Å². The van der Waals surface area contributed by atoms with Gasteiger partial charge in [-0.3, -0.25) is 4.79 Å². The molecule has 0 spiro atoms. The number of ether oxygens (including phenoxy) is 1. The molecular formula is C14H16O3. The van der Waals surface area contributed by atoms with E-state index in [4.69, 9.17) is 4.74 Å². The van der Waals surface area contributed by atoms with E-state index < -0.39 is 6.29 Å². The van der Waals surface area contributed by atoms with Crippen LogP contribution in [-0.4, -0.2) is 17.2 Å². The Balaban J connectivity index is 2.38. The number of carbonyl (C=O) groups excluding carboxylic acids is 1. The largest absolute Gasteiger partial charge is 0.464 e. The normalized spacial score (nSPS) is 18.3. The van der Waals surface area contributed by atoms with Crippen molar-refractivity contribution in [2.75, 3.05) is 0 Å². The van der Waals surface area contributed by atoms with Crippen LogP contribution in [0.3, 0.4) is 0 Å². The van der Waals surface area contributed by atoms with Gasteiger partial charge in [-0.15, -0.1) is 0 Å². The maximum atomic E-state index is 11.7. The van der Waals surface area contributed by atoms with Gasteiger partial charge in [0.1, 0.15) is 5.75 Å². The molecule has 2 rings (SSSR count). The first kappa shape index (κ1) is 11.9. The molecular weight excluding hydrogens is 216 g/mol. The maximum Gasteiger partial charge on any atom is 0.204 e. The highest BCUT2D eigenvalue weighted by atomic mass is 16.6. The Hall–Kier alpha value is -1.61. The monoisotopic (exact) mass is 232 g/mol. The van der Waals surface area contributed by atoms with E-state index in [1.807, 2.05) is 26.0 Å². The smallest absolute Gasteiger partial charge is 0.204 e. The molecule has 1 N–H and O–H groups in total. The Morgan fingerprint density at radius 3 is 3.00 bits per heavy atom. The summed E-state index contributed by atoms with van der Waals surface area (Å²) in [6.07, 6.45) is 1.82. The minimum Gasteiger partial charge on any atom is -0.464 e. The third-order valence-electron chi connectivity index (χ3n) is 2.74. The predicted molar refractivity (Wildman–Crippen MR) is 65.2 cm³/mol. The Kier molecular flexibility index (Phi) is 3.29. The molecule has 0 saturated heterocycles. The summed E-state index contributed by atoms with van der Waals surface area (Å²) in [6, 6.07) is 5.52. The number of aliphatic hydroxyl groups is 1. The van der Waals surface area contributed by atoms with Crippen LogP contribution >= 0.6 is 0 Å². The summed E-state index contributed by atoms with van der Waals surface area (Å²) in [5, 5.41) is 9.47. The predicted octanol–water partition coefficient (Wildman–Crippen LogP) is 2.48. The second-order valence-corrected chi connectivity index (χ2v) is 4.48. The van der Waals surface area contributed by atoms with Gasteiger partial charge < -0.3 is 9.84 Å². The summed E-state index contributed by atoms with van der Waals surface area (Å²) >= 11 is 0. The molecule has 1 heterocycles. The van der Waals surface area contributed by atoms with Crippen molar-refractivity contribution in [1.29, 1.82) is 0 Å². The average Bonchev–Trinajstić information content (AvgIpc) is 2.26. The Labute approximate surface area is 101 Å². The molecule has 3 heteroatoms. The zero-order valence-electron chi connectivity index (χ0n) is 10.1. The summed E-state index contributed by atoms with van der Waals surface area (Å²) in [4.78, 5) is 11.7. The molecule has 3 nitrogen and oxygen atoms in total. The van der Waals surface area contributed by atoms with Crippen LogP contribution in [0.2, 0.25) is 0 Å². The van der Waals surface area contributed by atoms with Gasteiger partial charge in [0.2, 0.25) is 6.29 Å². The Bertz CT molecular complexity index is 470. The van der Waals surface area contributed by atoms with Gasteiger partial charge in [-0.05, 0) is 31.9 Å². The molecule has 1 atom stereocenters. The van der Waals surface area contributed by atoms with Crippen LogP contribution in [0.1, 0.15) is 36.2 Å². The molecule has 1 aliphatic rings. The van der Waals surface area contributed by atoms with Gasteiger partial charge in [-0.2, -0.15) is 0 Å². The van der Waals surface area contributed by atoms with Gasteiger partial charge in [-0.1, -0.05) is 23.8 Å². The molecule has 0 aliphatic carbocycles. The molecule has 0 saturated carbocycles. The Morgan fingerprint density at radius 1 is 1.53 bits per heavy atom. The maximum absolute atomic E-state index is 11.7. The van der Waals surface area contributed by atoms with E-state index in [1.54, 1.807) is 6.07 Å². The summed E-state index contributed by atoms with van der Waals surface area (Å²) < 4.78 is 5.37. The van der Waals surface area contributed by atoms with Crippen molar-refractivity contribution in [2.45, 2.75) is 33.0 Å². The van der Waals surface area contributed by atoms with E-state index in [0.29, 0.717) is 17.7 Å². The third kappa shape index (κ3) is 2.56. The molecule has 1 unspecified atom stereocenters. The minimum absolute atomic E-state index is 0.0408. The summed E-state index contributed by atoms with van der Waals surface area (Å²) in [5.41, 5.74) is 2.73. The number of aliphatic hydroxyl groups excluding tert-OH is 1. The van der Waals surface area contributed by atoms with Crippen LogP contribution in [0.4, 0.5) is 0 Å². The van der Waals surface area contributed by atoms with Gasteiger partial charge in [0.15, 0.2) is 5.78 Å². The molecule has 90 valence electrons. The van der Waals surface area contributed by atoms with Crippen molar-refractivity contribution < 1.29 is 14.6 Å². The number of hydrogen-bond acceptors (Lipinski definition) is 3.